The van der Waals surface area contributed by atoms with Crippen molar-refractivity contribution in [2.45, 2.75) is 0 Å². The molecular formula is C23H18N6O2. The van der Waals surface area contributed by atoms with E-state index in [-0.39, 0.29) is 0 Å². The van der Waals surface area contributed by atoms with Gasteiger partial charge in [-0.1, -0.05) is 12.1 Å². The van der Waals surface area contributed by atoms with Crippen molar-refractivity contribution in [1.82, 2.24) is 19.9 Å². The first-order chi connectivity index (χ1) is 15.3. The van der Waals surface area contributed by atoms with Gasteiger partial charge in [0.2, 0.25) is 11.8 Å². The van der Waals surface area contributed by atoms with Crippen molar-refractivity contribution in [2.75, 3.05) is 17.7 Å². The molecular weight excluding hydrogens is 392 g/mol. The minimum Gasteiger partial charge on any atom is -0.438 e. The summed E-state index contributed by atoms with van der Waals surface area (Å²) in [5, 5.41) is 6.10. The standard InChI is InChI=1S/C23H18N6O2/c1-24-22-26-14-12-18(28-22)17-5-4-13-25-21(17)30-16-10-8-15(9-11-16)27-23-29-19-6-2-3-7-20(19)31-23/h2-14H,1H3,(H,27,29)(H,24,26,28). The molecule has 0 unspecified atom stereocenters. The zero-order valence-electron chi connectivity index (χ0n) is 16.6. The number of ether oxygens (including phenoxy) is 1. The number of aromatic nitrogens is 4. The van der Waals surface area contributed by atoms with Crippen LogP contribution in [-0.4, -0.2) is 27.0 Å². The fourth-order valence-corrected chi connectivity index (χ4v) is 3.06. The lowest BCUT2D eigenvalue weighted by Crippen LogP contribution is -1.98. The molecule has 152 valence electrons. The van der Waals surface area contributed by atoms with Crippen LogP contribution >= 0.6 is 0 Å². The number of pyridine rings is 1. The van der Waals surface area contributed by atoms with Gasteiger partial charge in [-0.15, -0.1) is 0 Å². The highest BCUT2D eigenvalue weighted by Crippen LogP contribution is 2.31. The van der Waals surface area contributed by atoms with Crippen molar-refractivity contribution in [3.8, 4) is 22.9 Å². The van der Waals surface area contributed by atoms with Crippen LogP contribution in [0, 0.1) is 0 Å². The Morgan fingerprint density at radius 3 is 2.55 bits per heavy atom. The molecule has 0 spiro atoms. The molecule has 0 saturated heterocycles. The van der Waals surface area contributed by atoms with Gasteiger partial charge in [0, 0.05) is 25.1 Å². The SMILES string of the molecule is CNc1nccc(-c2cccnc2Oc2ccc(Nc3nc4ccccc4o3)cc2)n1. The van der Waals surface area contributed by atoms with E-state index < -0.39 is 0 Å². The van der Waals surface area contributed by atoms with Gasteiger partial charge >= 0.3 is 0 Å². The third-order valence-electron chi connectivity index (χ3n) is 4.54. The second kappa shape index (κ2) is 8.11. The van der Waals surface area contributed by atoms with E-state index in [0.717, 1.165) is 28.0 Å². The molecule has 0 fully saturated rings. The van der Waals surface area contributed by atoms with Crippen LogP contribution in [0.2, 0.25) is 0 Å². The topological polar surface area (TPSA) is 98.0 Å². The molecule has 8 nitrogen and oxygen atoms in total. The summed E-state index contributed by atoms with van der Waals surface area (Å²) in [5.74, 6) is 1.64. The summed E-state index contributed by atoms with van der Waals surface area (Å²) >= 11 is 0. The van der Waals surface area contributed by atoms with Gasteiger partial charge in [0.05, 0.1) is 11.3 Å². The van der Waals surface area contributed by atoms with Crippen LogP contribution in [0.25, 0.3) is 22.4 Å². The third-order valence-corrected chi connectivity index (χ3v) is 4.54. The Bertz CT molecular complexity index is 1300. The van der Waals surface area contributed by atoms with E-state index in [0.29, 0.717) is 23.6 Å². The maximum absolute atomic E-state index is 6.03. The summed E-state index contributed by atoms with van der Waals surface area (Å²) in [6.07, 6.45) is 3.37. The minimum absolute atomic E-state index is 0.436. The van der Waals surface area contributed by atoms with Crippen molar-refractivity contribution in [1.29, 1.82) is 0 Å². The lowest BCUT2D eigenvalue weighted by Gasteiger charge is -2.10. The fraction of sp³-hybridized carbons (Fsp3) is 0.0435. The Morgan fingerprint density at radius 1 is 0.839 bits per heavy atom. The second-order valence-corrected chi connectivity index (χ2v) is 6.61. The number of hydrogen-bond acceptors (Lipinski definition) is 8. The van der Waals surface area contributed by atoms with Gasteiger partial charge in [-0.3, -0.25) is 0 Å². The van der Waals surface area contributed by atoms with Crippen molar-refractivity contribution in [3.05, 3.63) is 79.1 Å². The molecule has 31 heavy (non-hydrogen) atoms. The van der Waals surface area contributed by atoms with E-state index in [4.69, 9.17) is 9.15 Å². The molecule has 0 aliphatic carbocycles. The molecule has 8 heteroatoms. The van der Waals surface area contributed by atoms with Gasteiger partial charge in [-0.2, -0.15) is 4.98 Å². The number of oxazole rings is 1. The predicted molar refractivity (Wildman–Crippen MR) is 119 cm³/mol. The molecule has 2 aromatic carbocycles. The monoisotopic (exact) mass is 410 g/mol. The van der Waals surface area contributed by atoms with Gasteiger partial charge in [-0.05, 0) is 54.6 Å². The number of benzene rings is 2. The molecule has 5 rings (SSSR count). The molecule has 0 radical (unpaired) electrons. The van der Waals surface area contributed by atoms with Crippen LogP contribution in [0.3, 0.4) is 0 Å². The number of anilines is 3. The van der Waals surface area contributed by atoms with Crippen LogP contribution in [0.4, 0.5) is 17.7 Å². The molecule has 5 aromatic rings. The normalized spacial score (nSPS) is 10.7. The Hall–Kier alpha value is -4.46. The van der Waals surface area contributed by atoms with Crippen molar-refractivity contribution < 1.29 is 9.15 Å². The average molecular weight is 410 g/mol. The number of para-hydroxylation sites is 2. The lowest BCUT2D eigenvalue weighted by atomic mass is 10.2. The molecule has 0 bridgehead atoms. The average Bonchev–Trinajstić information content (AvgIpc) is 3.23. The Morgan fingerprint density at radius 2 is 1.71 bits per heavy atom. The minimum atomic E-state index is 0.436. The van der Waals surface area contributed by atoms with Crippen LogP contribution in [0.1, 0.15) is 0 Å². The summed E-state index contributed by atoms with van der Waals surface area (Å²) in [5.41, 5.74) is 3.86. The number of fused-ring (bicyclic) bond motifs is 1. The number of nitrogens with zero attached hydrogens (tertiary/aromatic N) is 4. The van der Waals surface area contributed by atoms with E-state index in [1.165, 1.54) is 0 Å². The summed E-state index contributed by atoms with van der Waals surface area (Å²) in [7, 11) is 1.77. The molecule has 0 atom stereocenters. The molecule has 3 aromatic heterocycles. The summed E-state index contributed by atoms with van der Waals surface area (Å²) in [6, 6.07) is 21.1. The quantitative estimate of drug-likeness (QED) is 0.391. The van der Waals surface area contributed by atoms with Gasteiger partial charge in [-0.25, -0.2) is 15.0 Å². The first-order valence-electron chi connectivity index (χ1n) is 9.65. The van der Waals surface area contributed by atoms with Crippen LogP contribution in [-0.2, 0) is 0 Å². The van der Waals surface area contributed by atoms with E-state index >= 15 is 0 Å². The summed E-state index contributed by atoms with van der Waals surface area (Å²) in [6.45, 7) is 0. The summed E-state index contributed by atoms with van der Waals surface area (Å²) < 4.78 is 11.7. The lowest BCUT2D eigenvalue weighted by molar-refractivity contribution is 0.465. The molecule has 2 N–H and O–H groups in total. The summed E-state index contributed by atoms with van der Waals surface area (Å²) in [4.78, 5) is 17.4. The fourth-order valence-electron chi connectivity index (χ4n) is 3.06. The van der Waals surface area contributed by atoms with Crippen molar-refractivity contribution in [2.24, 2.45) is 0 Å². The Kier molecular flexibility index (Phi) is 4.86. The number of nitrogens with one attached hydrogen (secondary N) is 2. The smallest absolute Gasteiger partial charge is 0.300 e. The zero-order chi connectivity index (χ0) is 21.0. The Balaban J connectivity index is 1.35. The van der Waals surface area contributed by atoms with Crippen LogP contribution in [0.15, 0.2) is 83.5 Å². The molecule has 0 amide bonds. The van der Waals surface area contributed by atoms with Crippen LogP contribution < -0.4 is 15.4 Å². The molecule has 0 aliphatic rings. The second-order valence-electron chi connectivity index (χ2n) is 6.61. The maximum atomic E-state index is 6.03. The molecule has 0 saturated carbocycles. The van der Waals surface area contributed by atoms with E-state index in [9.17, 15) is 0 Å². The zero-order valence-corrected chi connectivity index (χ0v) is 16.6. The highest BCUT2D eigenvalue weighted by Gasteiger charge is 2.11. The maximum Gasteiger partial charge on any atom is 0.300 e. The van der Waals surface area contributed by atoms with Gasteiger partial charge in [0.15, 0.2) is 5.58 Å². The first kappa shape index (κ1) is 18.6. The number of rotatable bonds is 6. The molecule has 3 heterocycles. The Labute approximate surface area is 178 Å². The van der Waals surface area contributed by atoms with Crippen molar-refractivity contribution >= 4 is 28.8 Å². The van der Waals surface area contributed by atoms with Crippen LogP contribution in [0.5, 0.6) is 11.6 Å². The highest BCUT2D eigenvalue weighted by molar-refractivity contribution is 5.75. The number of hydrogen-bond donors (Lipinski definition) is 2. The first-order valence-corrected chi connectivity index (χ1v) is 9.65. The third kappa shape index (κ3) is 3.99. The predicted octanol–water partition coefficient (Wildman–Crippen LogP) is 5.26. The molecule has 0 aliphatic heterocycles. The van der Waals surface area contributed by atoms with Gasteiger partial charge in [0.1, 0.15) is 11.3 Å². The largest absolute Gasteiger partial charge is 0.438 e. The highest BCUT2D eigenvalue weighted by atomic mass is 16.5. The van der Waals surface area contributed by atoms with E-state index in [2.05, 4.69) is 30.6 Å². The van der Waals surface area contributed by atoms with Gasteiger partial charge < -0.3 is 19.8 Å². The van der Waals surface area contributed by atoms with Gasteiger partial charge in [0.25, 0.3) is 6.01 Å². The van der Waals surface area contributed by atoms with E-state index in [1.807, 2.05) is 66.7 Å². The van der Waals surface area contributed by atoms with E-state index in [1.54, 1.807) is 19.4 Å². The van der Waals surface area contributed by atoms with Crippen molar-refractivity contribution in [3.63, 3.8) is 0 Å².